The van der Waals surface area contributed by atoms with Gasteiger partial charge in [-0.05, 0) is 37.2 Å². The average Bonchev–Trinajstić information content (AvgIpc) is 2.56. The molecule has 0 aliphatic heterocycles. The van der Waals surface area contributed by atoms with E-state index in [1.807, 2.05) is 13.1 Å². The van der Waals surface area contributed by atoms with Gasteiger partial charge in [0.15, 0.2) is 0 Å². The zero-order valence-electron chi connectivity index (χ0n) is 13.7. The maximum atomic E-state index is 5.54. The van der Waals surface area contributed by atoms with Gasteiger partial charge in [-0.2, -0.15) is 0 Å². The van der Waals surface area contributed by atoms with E-state index in [4.69, 9.17) is 5.73 Å². The molecule has 0 amide bonds. The van der Waals surface area contributed by atoms with Crippen molar-refractivity contribution >= 4 is 12.2 Å². The third-order valence-corrected chi connectivity index (χ3v) is 3.37. The molecule has 0 saturated carbocycles. The summed E-state index contributed by atoms with van der Waals surface area (Å²) >= 11 is 0. The molecule has 6 heteroatoms. The Balaban J connectivity index is 2.27. The smallest absolute Gasteiger partial charge is 0.227 e. The molecule has 0 radical (unpaired) electrons. The van der Waals surface area contributed by atoms with Gasteiger partial charge in [-0.25, -0.2) is 9.97 Å². The number of anilines is 1. The minimum atomic E-state index is 0.482. The normalized spacial score (nSPS) is 11.9. The Kier molecular flexibility index (Phi) is 5.82. The Morgan fingerprint density at radius 3 is 2.83 bits per heavy atom. The predicted octanol–water partition coefficient (Wildman–Crippen LogP) is 2.08. The second-order valence-electron chi connectivity index (χ2n) is 5.07. The van der Waals surface area contributed by atoms with Gasteiger partial charge in [0, 0.05) is 37.8 Å². The molecule has 0 aliphatic carbocycles. The van der Waals surface area contributed by atoms with Crippen LogP contribution in [0, 0.1) is 6.92 Å². The van der Waals surface area contributed by atoms with Crippen LogP contribution in [0.2, 0.25) is 0 Å². The highest BCUT2D eigenvalue weighted by molar-refractivity contribution is 5.82. The summed E-state index contributed by atoms with van der Waals surface area (Å²) in [5, 5.41) is 6.21. The maximum Gasteiger partial charge on any atom is 0.227 e. The molecule has 1 aromatic carbocycles. The number of rotatable bonds is 6. The van der Waals surface area contributed by atoms with Crippen LogP contribution in [0.5, 0.6) is 0 Å². The van der Waals surface area contributed by atoms with E-state index in [1.54, 1.807) is 19.5 Å². The summed E-state index contributed by atoms with van der Waals surface area (Å²) in [5.74, 6) is 0.482. The van der Waals surface area contributed by atoms with E-state index in [0.717, 1.165) is 17.8 Å². The summed E-state index contributed by atoms with van der Waals surface area (Å²) in [4.78, 5) is 12.7. The fraction of sp³-hybridized carbons (Fsp3) is 0.235. The summed E-state index contributed by atoms with van der Waals surface area (Å²) in [6.45, 7) is 2.95. The number of nitrogens with one attached hydrogen (secondary N) is 2. The number of aryl methyl sites for hydroxylation is 1. The Bertz CT molecular complexity index is 721. The standard InChI is InChI=1S/C17H22N6/c1-12-8-13(4-5-14(12)10-19-2)16-6-7-21-17(23-16)22-15(9-18)11-20-3/h4-9,11,19H,10,18H2,1-3H3,(H,21,22,23). The van der Waals surface area contributed by atoms with Crippen LogP contribution < -0.4 is 16.4 Å². The molecule has 4 N–H and O–H groups in total. The van der Waals surface area contributed by atoms with E-state index in [2.05, 4.69) is 50.7 Å². The van der Waals surface area contributed by atoms with Gasteiger partial charge in [-0.3, -0.25) is 4.99 Å². The second-order valence-corrected chi connectivity index (χ2v) is 5.07. The third kappa shape index (κ3) is 4.37. The zero-order chi connectivity index (χ0) is 16.7. The minimum Gasteiger partial charge on any atom is -0.403 e. The summed E-state index contributed by atoms with van der Waals surface area (Å²) < 4.78 is 0. The number of benzene rings is 1. The van der Waals surface area contributed by atoms with Gasteiger partial charge < -0.3 is 16.4 Å². The number of nitrogens with two attached hydrogens (primary N) is 1. The molecule has 0 unspecified atom stereocenters. The van der Waals surface area contributed by atoms with Crippen molar-refractivity contribution < 1.29 is 0 Å². The van der Waals surface area contributed by atoms with Crippen LogP contribution >= 0.6 is 0 Å². The van der Waals surface area contributed by atoms with Gasteiger partial charge >= 0.3 is 0 Å². The average molecular weight is 310 g/mol. The van der Waals surface area contributed by atoms with E-state index >= 15 is 0 Å². The lowest BCUT2D eigenvalue weighted by Gasteiger charge is -2.09. The van der Waals surface area contributed by atoms with Crippen LogP contribution in [0.1, 0.15) is 11.1 Å². The van der Waals surface area contributed by atoms with Gasteiger partial charge in [-0.15, -0.1) is 0 Å². The number of aromatic nitrogens is 2. The number of hydrogen-bond donors (Lipinski definition) is 3. The SMILES string of the molecule is CN=CC(=CN)Nc1nccc(-c2ccc(CNC)c(C)c2)n1. The van der Waals surface area contributed by atoms with E-state index < -0.39 is 0 Å². The number of aliphatic imine (C=N–C) groups is 1. The Labute approximate surface area is 136 Å². The van der Waals surface area contributed by atoms with Crippen LogP contribution in [-0.4, -0.2) is 30.3 Å². The Hall–Kier alpha value is -2.73. The van der Waals surface area contributed by atoms with E-state index in [-0.39, 0.29) is 0 Å². The van der Waals surface area contributed by atoms with E-state index in [0.29, 0.717) is 11.6 Å². The molecule has 1 heterocycles. The number of hydrogen-bond acceptors (Lipinski definition) is 6. The first-order valence-corrected chi connectivity index (χ1v) is 7.36. The molecule has 0 bridgehead atoms. The topological polar surface area (TPSA) is 88.2 Å². The molecule has 120 valence electrons. The molecule has 0 atom stereocenters. The van der Waals surface area contributed by atoms with Crippen molar-refractivity contribution in [2.75, 3.05) is 19.4 Å². The molecule has 0 aliphatic rings. The van der Waals surface area contributed by atoms with Crippen molar-refractivity contribution in [1.82, 2.24) is 15.3 Å². The summed E-state index contributed by atoms with van der Waals surface area (Å²) in [6.07, 6.45) is 4.77. The molecular formula is C17H22N6. The van der Waals surface area contributed by atoms with Crippen LogP contribution in [0.4, 0.5) is 5.95 Å². The van der Waals surface area contributed by atoms with Crippen molar-refractivity contribution in [3.05, 3.63) is 53.5 Å². The zero-order valence-corrected chi connectivity index (χ0v) is 13.7. The first-order chi connectivity index (χ1) is 11.2. The Morgan fingerprint density at radius 1 is 1.35 bits per heavy atom. The third-order valence-electron chi connectivity index (χ3n) is 3.37. The molecule has 2 rings (SSSR count). The summed E-state index contributed by atoms with van der Waals surface area (Å²) in [5.41, 5.74) is 10.6. The van der Waals surface area contributed by atoms with Crippen molar-refractivity contribution in [2.24, 2.45) is 10.7 Å². The molecule has 2 aromatic rings. The molecule has 0 fully saturated rings. The highest BCUT2D eigenvalue weighted by atomic mass is 15.1. The van der Waals surface area contributed by atoms with Crippen LogP contribution in [-0.2, 0) is 6.54 Å². The van der Waals surface area contributed by atoms with Crippen molar-refractivity contribution in [2.45, 2.75) is 13.5 Å². The molecule has 0 spiro atoms. The fourth-order valence-corrected chi connectivity index (χ4v) is 2.21. The van der Waals surface area contributed by atoms with Crippen LogP contribution in [0.3, 0.4) is 0 Å². The largest absolute Gasteiger partial charge is 0.403 e. The first-order valence-electron chi connectivity index (χ1n) is 7.36. The van der Waals surface area contributed by atoms with Crippen LogP contribution in [0.25, 0.3) is 11.3 Å². The number of nitrogens with zero attached hydrogens (tertiary/aromatic N) is 3. The van der Waals surface area contributed by atoms with E-state index in [9.17, 15) is 0 Å². The highest BCUT2D eigenvalue weighted by Gasteiger charge is 2.05. The molecular weight excluding hydrogens is 288 g/mol. The van der Waals surface area contributed by atoms with Gasteiger partial charge in [0.25, 0.3) is 0 Å². The fourth-order valence-electron chi connectivity index (χ4n) is 2.21. The first kappa shape index (κ1) is 16.6. The summed E-state index contributed by atoms with van der Waals surface area (Å²) in [6, 6.07) is 8.20. The number of allylic oxidation sites excluding steroid dienone is 1. The van der Waals surface area contributed by atoms with Gasteiger partial charge in [-0.1, -0.05) is 12.1 Å². The second kappa shape index (κ2) is 8.05. The minimum absolute atomic E-state index is 0.482. The monoisotopic (exact) mass is 310 g/mol. The van der Waals surface area contributed by atoms with Crippen molar-refractivity contribution in [3.63, 3.8) is 0 Å². The maximum absolute atomic E-state index is 5.54. The lowest BCUT2D eigenvalue weighted by molar-refractivity contribution is 0.812. The molecule has 6 nitrogen and oxygen atoms in total. The van der Waals surface area contributed by atoms with Gasteiger partial charge in [0.1, 0.15) is 0 Å². The molecule has 23 heavy (non-hydrogen) atoms. The van der Waals surface area contributed by atoms with E-state index in [1.165, 1.54) is 17.3 Å². The molecule has 1 aromatic heterocycles. The molecule has 0 saturated heterocycles. The van der Waals surface area contributed by atoms with Gasteiger partial charge in [0.05, 0.1) is 11.4 Å². The predicted molar refractivity (Wildman–Crippen MR) is 95.3 cm³/mol. The highest BCUT2D eigenvalue weighted by Crippen LogP contribution is 2.21. The van der Waals surface area contributed by atoms with Crippen LogP contribution in [0.15, 0.2) is 47.4 Å². The quantitative estimate of drug-likeness (QED) is 0.711. The van der Waals surface area contributed by atoms with Crippen molar-refractivity contribution in [1.29, 1.82) is 0 Å². The summed E-state index contributed by atoms with van der Waals surface area (Å²) in [7, 11) is 3.62. The lowest BCUT2D eigenvalue weighted by atomic mass is 10.0. The Morgan fingerprint density at radius 2 is 2.17 bits per heavy atom. The van der Waals surface area contributed by atoms with Gasteiger partial charge in [0.2, 0.25) is 5.95 Å². The lowest BCUT2D eigenvalue weighted by Crippen LogP contribution is -2.07. The van der Waals surface area contributed by atoms with Crippen molar-refractivity contribution in [3.8, 4) is 11.3 Å².